The standard InChI is InChI=1S/C20H26N6O3/c1-23-18-17(19(27)24(2)20(23)28)26(13-22-18)11-10-25-9-8-21-12-15(25)14-6-4-5-7-16(14)29-3/h4-7,13,15,21H,8-12H2,1-3H3. The number of rotatable bonds is 5. The lowest BCUT2D eigenvalue weighted by atomic mass is 10.0. The van der Waals surface area contributed by atoms with Crippen LogP contribution in [0.4, 0.5) is 0 Å². The molecular formula is C20H26N6O3. The quantitative estimate of drug-likeness (QED) is 0.656. The Morgan fingerprint density at radius 1 is 1.17 bits per heavy atom. The molecule has 0 amide bonds. The van der Waals surface area contributed by atoms with Gasteiger partial charge in [0.1, 0.15) is 5.75 Å². The number of para-hydroxylation sites is 1. The molecule has 0 saturated carbocycles. The number of imidazole rings is 1. The maximum Gasteiger partial charge on any atom is 0.332 e. The Bertz CT molecular complexity index is 1150. The van der Waals surface area contributed by atoms with Gasteiger partial charge in [-0.1, -0.05) is 18.2 Å². The van der Waals surface area contributed by atoms with Crippen LogP contribution in [0.3, 0.4) is 0 Å². The van der Waals surface area contributed by atoms with Gasteiger partial charge in [-0.05, 0) is 6.07 Å². The highest BCUT2D eigenvalue weighted by atomic mass is 16.5. The first-order valence-electron chi connectivity index (χ1n) is 9.71. The number of nitrogens with one attached hydrogen (secondary N) is 1. The molecule has 0 aliphatic carbocycles. The first-order chi connectivity index (χ1) is 14.0. The van der Waals surface area contributed by atoms with Gasteiger partial charge in [0.25, 0.3) is 5.56 Å². The van der Waals surface area contributed by atoms with Gasteiger partial charge in [-0.3, -0.25) is 18.8 Å². The van der Waals surface area contributed by atoms with Crippen molar-refractivity contribution in [1.29, 1.82) is 0 Å². The third-order valence-electron chi connectivity index (χ3n) is 5.70. The van der Waals surface area contributed by atoms with Crippen molar-refractivity contribution in [2.75, 3.05) is 33.3 Å². The van der Waals surface area contributed by atoms with Crippen molar-refractivity contribution in [2.24, 2.45) is 14.1 Å². The number of fused-ring (bicyclic) bond motifs is 1. The molecular weight excluding hydrogens is 372 g/mol. The van der Waals surface area contributed by atoms with Crippen molar-refractivity contribution in [1.82, 2.24) is 28.9 Å². The Morgan fingerprint density at radius 2 is 1.97 bits per heavy atom. The van der Waals surface area contributed by atoms with Crippen molar-refractivity contribution in [3.05, 3.63) is 57.0 Å². The molecule has 1 aromatic carbocycles. The van der Waals surface area contributed by atoms with Gasteiger partial charge in [0.05, 0.1) is 19.5 Å². The first-order valence-corrected chi connectivity index (χ1v) is 9.71. The molecule has 0 spiro atoms. The SMILES string of the molecule is COc1ccccc1C1CNCCN1CCn1cnc2c1c(=O)n(C)c(=O)n2C. The van der Waals surface area contributed by atoms with Crippen molar-refractivity contribution in [3.8, 4) is 5.75 Å². The van der Waals surface area contributed by atoms with Crippen molar-refractivity contribution < 1.29 is 4.74 Å². The molecule has 1 aliphatic rings. The minimum absolute atomic E-state index is 0.182. The van der Waals surface area contributed by atoms with E-state index >= 15 is 0 Å². The lowest BCUT2D eigenvalue weighted by molar-refractivity contribution is 0.154. The van der Waals surface area contributed by atoms with Crippen LogP contribution in [0.1, 0.15) is 11.6 Å². The molecule has 1 saturated heterocycles. The van der Waals surface area contributed by atoms with Crippen LogP contribution in [0.25, 0.3) is 11.2 Å². The topological polar surface area (TPSA) is 86.3 Å². The first kappa shape index (κ1) is 19.4. The fraction of sp³-hybridized carbons (Fsp3) is 0.450. The highest BCUT2D eigenvalue weighted by Gasteiger charge is 2.26. The number of benzene rings is 1. The van der Waals surface area contributed by atoms with Gasteiger partial charge in [-0.25, -0.2) is 9.78 Å². The number of aromatic nitrogens is 4. The van der Waals surface area contributed by atoms with E-state index in [2.05, 4.69) is 21.3 Å². The zero-order valence-electron chi connectivity index (χ0n) is 17.0. The molecule has 2 aromatic heterocycles. The summed E-state index contributed by atoms with van der Waals surface area (Å²) in [4.78, 5) is 31.5. The molecule has 3 aromatic rings. The second-order valence-electron chi connectivity index (χ2n) is 7.31. The highest BCUT2D eigenvalue weighted by Crippen LogP contribution is 2.30. The lowest BCUT2D eigenvalue weighted by Gasteiger charge is -2.37. The van der Waals surface area contributed by atoms with Gasteiger partial charge in [0.2, 0.25) is 0 Å². The molecule has 4 rings (SSSR count). The molecule has 1 fully saturated rings. The fourth-order valence-electron chi connectivity index (χ4n) is 4.07. The third kappa shape index (κ3) is 3.36. The zero-order chi connectivity index (χ0) is 20.5. The summed E-state index contributed by atoms with van der Waals surface area (Å²) < 4.78 is 9.95. The molecule has 1 N–H and O–H groups in total. The minimum Gasteiger partial charge on any atom is -0.496 e. The van der Waals surface area contributed by atoms with Crippen LogP contribution in [0.2, 0.25) is 0 Å². The Kier molecular flexibility index (Phi) is 5.25. The fourth-order valence-corrected chi connectivity index (χ4v) is 4.07. The summed E-state index contributed by atoms with van der Waals surface area (Å²) in [6.45, 7) is 4.00. The maximum atomic E-state index is 12.7. The molecule has 0 bridgehead atoms. The van der Waals surface area contributed by atoms with Gasteiger partial charge in [0, 0.05) is 52.4 Å². The Morgan fingerprint density at radius 3 is 2.76 bits per heavy atom. The number of ether oxygens (including phenoxy) is 1. The maximum absolute atomic E-state index is 12.7. The van der Waals surface area contributed by atoms with Crippen LogP contribution in [-0.2, 0) is 20.6 Å². The monoisotopic (exact) mass is 398 g/mol. The molecule has 0 radical (unpaired) electrons. The number of aryl methyl sites for hydroxylation is 1. The number of hydrogen-bond donors (Lipinski definition) is 1. The smallest absolute Gasteiger partial charge is 0.332 e. The van der Waals surface area contributed by atoms with E-state index in [1.807, 2.05) is 22.8 Å². The van der Waals surface area contributed by atoms with Crippen LogP contribution >= 0.6 is 0 Å². The van der Waals surface area contributed by atoms with E-state index in [0.717, 1.165) is 42.1 Å². The summed E-state index contributed by atoms with van der Waals surface area (Å²) in [7, 11) is 4.82. The van der Waals surface area contributed by atoms with Crippen LogP contribution in [0.15, 0.2) is 40.2 Å². The summed E-state index contributed by atoms with van der Waals surface area (Å²) in [6, 6.07) is 8.26. The van der Waals surface area contributed by atoms with Crippen LogP contribution < -0.4 is 21.3 Å². The highest BCUT2D eigenvalue weighted by molar-refractivity contribution is 5.69. The third-order valence-corrected chi connectivity index (χ3v) is 5.70. The normalized spacial score (nSPS) is 17.7. The van der Waals surface area contributed by atoms with E-state index in [-0.39, 0.29) is 17.3 Å². The lowest BCUT2D eigenvalue weighted by Crippen LogP contribution is -2.47. The van der Waals surface area contributed by atoms with Gasteiger partial charge in [-0.2, -0.15) is 0 Å². The van der Waals surface area contributed by atoms with Crippen molar-refractivity contribution >= 4 is 11.2 Å². The van der Waals surface area contributed by atoms with E-state index < -0.39 is 0 Å². The second kappa shape index (κ2) is 7.84. The molecule has 9 nitrogen and oxygen atoms in total. The Balaban J connectivity index is 1.63. The molecule has 1 atom stereocenters. The molecule has 154 valence electrons. The van der Waals surface area contributed by atoms with Crippen LogP contribution in [0, 0.1) is 0 Å². The Labute approximate surface area is 168 Å². The van der Waals surface area contributed by atoms with Gasteiger partial charge < -0.3 is 14.6 Å². The van der Waals surface area contributed by atoms with Crippen LogP contribution in [0.5, 0.6) is 5.75 Å². The van der Waals surface area contributed by atoms with E-state index in [0.29, 0.717) is 17.7 Å². The van der Waals surface area contributed by atoms with Crippen LogP contribution in [-0.4, -0.2) is 56.9 Å². The van der Waals surface area contributed by atoms with E-state index in [1.54, 1.807) is 20.5 Å². The average molecular weight is 398 g/mol. The van der Waals surface area contributed by atoms with Crippen molar-refractivity contribution in [3.63, 3.8) is 0 Å². The molecule has 29 heavy (non-hydrogen) atoms. The van der Waals surface area contributed by atoms with E-state index in [9.17, 15) is 9.59 Å². The number of nitrogens with zero attached hydrogens (tertiary/aromatic N) is 5. The summed E-state index contributed by atoms with van der Waals surface area (Å²) in [5, 5.41) is 3.46. The summed E-state index contributed by atoms with van der Waals surface area (Å²) >= 11 is 0. The number of hydrogen-bond acceptors (Lipinski definition) is 6. The largest absolute Gasteiger partial charge is 0.496 e. The van der Waals surface area contributed by atoms with Gasteiger partial charge in [-0.15, -0.1) is 0 Å². The molecule has 3 heterocycles. The van der Waals surface area contributed by atoms with Crippen molar-refractivity contribution in [2.45, 2.75) is 12.6 Å². The molecule has 1 unspecified atom stereocenters. The second-order valence-corrected chi connectivity index (χ2v) is 7.31. The molecule has 1 aliphatic heterocycles. The summed E-state index contributed by atoms with van der Waals surface area (Å²) in [5.74, 6) is 0.878. The summed E-state index contributed by atoms with van der Waals surface area (Å²) in [6.07, 6.45) is 1.64. The average Bonchev–Trinajstić information content (AvgIpc) is 3.19. The van der Waals surface area contributed by atoms with E-state index in [1.165, 1.54) is 11.6 Å². The molecule has 9 heteroatoms. The van der Waals surface area contributed by atoms with E-state index in [4.69, 9.17) is 4.74 Å². The van der Waals surface area contributed by atoms with Gasteiger partial charge in [0.15, 0.2) is 11.2 Å². The minimum atomic E-state index is -0.369. The number of piperazine rings is 1. The summed E-state index contributed by atoms with van der Waals surface area (Å²) in [5.41, 5.74) is 1.34. The Hall–Kier alpha value is -2.91. The zero-order valence-corrected chi connectivity index (χ0v) is 17.0. The van der Waals surface area contributed by atoms with Gasteiger partial charge >= 0.3 is 5.69 Å². The predicted octanol–water partition coefficient (Wildman–Crippen LogP) is 0.0888. The number of methoxy groups -OCH3 is 1. The predicted molar refractivity (Wildman–Crippen MR) is 110 cm³/mol.